The van der Waals surface area contributed by atoms with Crippen molar-refractivity contribution in [3.63, 3.8) is 0 Å². The molecule has 2 aromatic heterocycles. The molecular formula is C17H19N3. The number of hydrogen-bond acceptors (Lipinski definition) is 2. The Labute approximate surface area is 119 Å². The van der Waals surface area contributed by atoms with Crippen molar-refractivity contribution in [2.45, 2.75) is 19.3 Å². The lowest BCUT2D eigenvalue weighted by molar-refractivity contribution is 0.704. The molecule has 0 fully saturated rings. The zero-order chi connectivity index (χ0) is 13.8. The van der Waals surface area contributed by atoms with Crippen LogP contribution in [-0.4, -0.2) is 15.9 Å². The maximum Gasteiger partial charge on any atom is 0.138 e. The Hall–Kier alpha value is -2.29. The minimum atomic E-state index is 0.561. The van der Waals surface area contributed by atoms with Gasteiger partial charge in [0, 0.05) is 18.9 Å². The third-order valence-electron chi connectivity index (χ3n) is 3.68. The van der Waals surface area contributed by atoms with E-state index in [2.05, 4.69) is 58.0 Å². The van der Waals surface area contributed by atoms with Crippen LogP contribution in [0.15, 0.2) is 60.9 Å². The number of imidazole rings is 1. The zero-order valence-electron chi connectivity index (χ0n) is 11.7. The monoisotopic (exact) mass is 265 g/mol. The lowest BCUT2D eigenvalue weighted by Gasteiger charge is -2.13. The molecule has 0 saturated heterocycles. The van der Waals surface area contributed by atoms with Crippen LogP contribution in [0.25, 0.3) is 5.65 Å². The third-order valence-corrected chi connectivity index (χ3v) is 3.68. The molecule has 0 bridgehead atoms. The minimum absolute atomic E-state index is 0.561. The van der Waals surface area contributed by atoms with Crippen molar-refractivity contribution in [1.82, 2.24) is 9.38 Å². The molecule has 0 aliphatic heterocycles. The topological polar surface area (TPSA) is 29.3 Å². The molecule has 0 amide bonds. The number of anilines is 1. The van der Waals surface area contributed by atoms with Crippen LogP contribution in [0.2, 0.25) is 0 Å². The van der Waals surface area contributed by atoms with E-state index in [-0.39, 0.29) is 0 Å². The van der Waals surface area contributed by atoms with Gasteiger partial charge in [0.25, 0.3) is 0 Å². The lowest BCUT2D eigenvalue weighted by atomic mass is 9.98. The van der Waals surface area contributed by atoms with Gasteiger partial charge in [-0.2, -0.15) is 0 Å². The molecule has 3 aromatic rings. The summed E-state index contributed by atoms with van der Waals surface area (Å²) in [7, 11) is 0. The van der Waals surface area contributed by atoms with E-state index >= 15 is 0 Å². The highest BCUT2D eigenvalue weighted by molar-refractivity contribution is 5.49. The van der Waals surface area contributed by atoms with Crippen LogP contribution in [0.5, 0.6) is 0 Å². The number of benzene rings is 1. The van der Waals surface area contributed by atoms with Crippen molar-refractivity contribution < 1.29 is 0 Å². The van der Waals surface area contributed by atoms with Crippen LogP contribution >= 0.6 is 0 Å². The van der Waals surface area contributed by atoms with Gasteiger partial charge in [-0.3, -0.25) is 4.40 Å². The molecule has 1 atom stereocenters. The van der Waals surface area contributed by atoms with E-state index in [1.807, 2.05) is 24.5 Å². The Morgan fingerprint density at radius 3 is 2.80 bits per heavy atom. The molecule has 1 unspecified atom stereocenters. The molecule has 2 heterocycles. The molecular weight excluding hydrogens is 246 g/mol. The van der Waals surface area contributed by atoms with Gasteiger partial charge in [-0.05, 0) is 30.0 Å². The Kier molecular flexibility index (Phi) is 3.68. The number of aromatic nitrogens is 2. The van der Waals surface area contributed by atoms with Gasteiger partial charge < -0.3 is 5.32 Å². The van der Waals surface area contributed by atoms with Crippen molar-refractivity contribution in [3.05, 3.63) is 66.5 Å². The maximum absolute atomic E-state index is 4.29. The fourth-order valence-corrected chi connectivity index (χ4v) is 2.46. The summed E-state index contributed by atoms with van der Waals surface area (Å²) in [6, 6.07) is 16.8. The van der Waals surface area contributed by atoms with E-state index < -0.39 is 0 Å². The largest absolute Gasteiger partial charge is 0.371 e. The van der Waals surface area contributed by atoms with Gasteiger partial charge in [-0.1, -0.05) is 43.3 Å². The fraction of sp³-hybridized carbons (Fsp3) is 0.235. The third kappa shape index (κ3) is 2.67. The van der Waals surface area contributed by atoms with Gasteiger partial charge in [0.1, 0.15) is 11.5 Å². The fourth-order valence-electron chi connectivity index (χ4n) is 2.46. The molecule has 0 aliphatic rings. The first-order valence-corrected chi connectivity index (χ1v) is 7.05. The summed E-state index contributed by atoms with van der Waals surface area (Å²) in [6.07, 6.45) is 4.92. The summed E-state index contributed by atoms with van der Waals surface area (Å²) in [6.45, 7) is 3.22. The van der Waals surface area contributed by atoms with Gasteiger partial charge in [-0.25, -0.2) is 4.98 Å². The Balaban J connectivity index is 1.61. The quantitative estimate of drug-likeness (QED) is 0.757. The van der Waals surface area contributed by atoms with Crippen LogP contribution in [-0.2, 0) is 0 Å². The standard InChI is InChI=1S/C17H19N3/c1-14(15-6-3-2-4-7-15)10-11-18-16-8-5-9-17-19-12-13-20(16)17/h2-9,12-14,18H,10-11H2,1H3. The number of nitrogens with zero attached hydrogens (tertiary/aromatic N) is 2. The molecule has 0 spiro atoms. The van der Waals surface area contributed by atoms with E-state index in [0.29, 0.717) is 5.92 Å². The summed E-state index contributed by atoms with van der Waals surface area (Å²) in [4.78, 5) is 4.29. The van der Waals surface area contributed by atoms with Gasteiger partial charge in [-0.15, -0.1) is 0 Å². The molecule has 1 N–H and O–H groups in total. The Morgan fingerprint density at radius 1 is 1.10 bits per heavy atom. The normalized spacial score (nSPS) is 12.4. The predicted octanol–water partition coefficient (Wildman–Crippen LogP) is 3.94. The summed E-state index contributed by atoms with van der Waals surface area (Å²) >= 11 is 0. The number of rotatable bonds is 5. The second kappa shape index (κ2) is 5.78. The highest BCUT2D eigenvalue weighted by atomic mass is 15.1. The Bertz CT molecular complexity index is 673. The molecule has 3 nitrogen and oxygen atoms in total. The van der Waals surface area contributed by atoms with Gasteiger partial charge in [0.2, 0.25) is 0 Å². The number of fused-ring (bicyclic) bond motifs is 1. The molecule has 1 aromatic carbocycles. The molecule has 20 heavy (non-hydrogen) atoms. The van der Waals surface area contributed by atoms with Gasteiger partial charge >= 0.3 is 0 Å². The van der Waals surface area contributed by atoms with Crippen LogP contribution in [0.4, 0.5) is 5.82 Å². The predicted molar refractivity (Wildman–Crippen MR) is 83.2 cm³/mol. The van der Waals surface area contributed by atoms with Crippen LogP contribution in [0.1, 0.15) is 24.8 Å². The molecule has 0 radical (unpaired) electrons. The van der Waals surface area contributed by atoms with Crippen LogP contribution in [0, 0.1) is 0 Å². The summed E-state index contributed by atoms with van der Waals surface area (Å²) in [5.74, 6) is 1.66. The smallest absolute Gasteiger partial charge is 0.138 e. The molecule has 0 saturated carbocycles. The van der Waals surface area contributed by atoms with E-state index in [9.17, 15) is 0 Å². The number of hydrogen-bond donors (Lipinski definition) is 1. The molecule has 3 rings (SSSR count). The van der Waals surface area contributed by atoms with Gasteiger partial charge in [0.05, 0.1) is 0 Å². The number of nitrogens with one attached hydrogen (secondary N) is 1. The van der Waals surface area contributed by atoms with E-state index in [1.165, 1.54) is 5.56 Å². The summed E-state index contributed by atoms with van der Waals surface area (Å²) < 4.78 is 2.08. The first-order chi connectivity index (χ1) is 9.84. The second-order valence-electron chi connectivity index (χ2n) is 5.09. The highest BCUT2D eigenvalue weighted by Gasteiger charge is 2.05. The van der Waals surface area contributed by atoms with Crippen LogP contribution in [0.3, 0.4) is 0 Å². The van der Waals surface area contributed by atoms with Crippen LogP contribution < -0.4 is 5.32 Å². The van der Waals surface area contributed by atoms with Gasteiger partial charge in [0.15, 0.2) is 0 Å². The first kappa shape index (κ1) is 12.7. The van der Waals surface area contributed by atoms with Crippen molar-refractivity contribution in [3.8, 4) is 0 Å². The average Bonchev–Trinajstić information content (AvgIpc) is 2.97. The van der Waals surface area contributed by atoms with E-state index in [1.54, 1.807) is 0 Å². The SMILES string of the molecule is CC(CCNc1cccc2nccn12)c1ccccc1. The highest BCUT2D eigenvalue weighted by Crippen LogP contribution is 2.19. The summed E-state index contributed by atoms with van der Waals surface area (Å²) in [5.41, 5.74) is 2.38. The molecule has 0 aliphatic carbocycles. The average molecular weight is 265 g/mol. The van der Waals surface area contributed by atoms with E-state index in [4.69, 9.17) is 0 Å². The molecule has 102 valence electrons. The zero-order valence-corrected chi connectivity index (χ0v) is 11.7. The summed E-state index contributed by atoms with van der Waals surface area (Å²) in [5, 5.41) is 3.50. The minimum Gasteiger partial charge on any atom is -0.371 e. The number of pyridine rings is 1. The molecule has 3 heteroatoms. The van der Waals surface area contributed by atoms with Crippen molar-refractivity contribution in [2.24, 2.45) is 0 Å². The van der Waals surface area contributed by atoms with E-state index in [0.717, 1.165) is 24.4 Å². The Morgan fingerprint density at radius 2 is 1.95 bits per heavy atom. The van der Waals surface area contributed by atoms with Crippen molar-refractivity contribution >= 4 is 11.5 Å². The second-order valence-corrected chi connectivity index (χ2v) is 5.09. The maximum atomic E-state index is 4.29. The lowest BCUT2D eigenvalue weighted by Crippen LogP contribution is -2.08. The first-order valence-electron chi connectivity index (χ1n) is 7.05. The van der Waals surface area contributed by atoms with Crippen molar-refractivity contribution in [2.75, 3.05) is 11.9 Å². The van der Waals surface area contributed by atoms with Crippen molar-refractivity contribution in [1.29, 1.82) is 0 Å².